The van der Waals surface area contributed by atoms with E-state index in [1.54, 1.807) is 6.20 Å². The fourth-order valence-corrected chi connectivity index (χ4v) is 1.74. The molecule has 112 valence electrons. The van der Waals surface area contributed by atoms with Crippen molar-refractivity contribution in [2.24, 2.45) is 0 Å². The van der Waals surface area contributed by atoms with Gasteiger partial charge in [-0.15, -0.1) is 5.10 Å². The second-order valence-electron chi connectivity index (χ2n) is 4.88. The van der Waals surface area contributed by atoms with E-state index in [0.29, 0.717) is 11.8 Å². The second-order valence-corrected chi connectivity index (χ2v) is 4.88. The molecule has 6 nitrogen and oxygen atoms in total. The highest BCUT2D eigenvalue weighted by atomic mass is 16.5. The SMILES string of the molecule is CCCNc1cnnc(Nc2ccccc2OC(C)C)n1. The lowest BCUT2D eigenvalue weighted by atomic mass is 10.3. The van der Waals surface area contributed by atoms with Crippen molar-refractivity contribution in [3.05, 3.63) is 30.5 Å². The lowest BCUT2D eigenvalue weighted by molar-refractivity contribution is 0.244. The Labute approximate surface area is 125 Å². The Bertz CT molecular complexity index is 573. The van der Waals surface area contributed by atoms with Gasteiger partial charge in [0.2, 0.25) is 5.95 Å². The molecular formula is C15H21N5O. The fraction of sp³-hybridized carbons (Fsp3) is 0.400. The van der Waals surface area contributed by atoms with E-state index in [2.05, 4.69) is 32.7 Å². The van der Waals surface area contributed by atoms with E-state index in [9.17, 15) is 0 Å². The van der Waals surface area contributed by atoms with Crippen molar-refractivity contribution in [2.45, 2.75) is 33.3 Å². The first-order valence-corrected chi connectivity index (χ1v) is 7.15. The van der Waals surface area contributed by atoms with Gasteiger partial charge in [0.1, 0.15) is 5.75 Å². The number of hydrogen-bond acceptors (Lipinski definition) is 6. The van der Waals surface area contributed by atoms with Crippen molar-refractivity contribution in [3.63, 3.8) is 0 Å². The number of hydrogen-bond donors (Lipinski definition) is 2. The third kappa shape index (κ3) is 4.59. The normalized spacial score (nSPS) is 10.5. The molecule has 2 N–H and O–H groups in total. The van der Waals surface area contributed by atoms with E-state index in [-0.39, 0.29) is 6.10 Å². The van der Waals surface area contributed by atoms with E-state index in [4.69, 9.17) is 4.74 Å². The molecule has 0 aliphatic carbocycles. The van der Waals surface area contributed by atoms with Crippen molar-refractivity contribution in [1.82, 2.24) is 15.2 Å². The maximum absolute atomic E-state index is 5.76. The summed E-state index contributed by atoms with van der Waals surface area (Å²) in [7, 11) is 0. The summed E-state index contributed by atoms with van der Waals surface area (Å²) in [6.45, 7) is 6.93. The molecule has 0 atom stereocenters. The first-order valence-electron chi connectivity index (χ1n) is 7.15. The van der Waals surface area contributed by atoms with Gasteiger partial charge in [0, 0.05) is 6.54 Å². The summed E-state index contributed by atoms with van der Waals surface area (Å²) >= 11 is 0. The van der Waals surface area contributed by atoms with Crippen LogP contribution in [0.4, 0.5) is 17.5 Å². The summed E-state index contributed by atoms with van der Waals surface area (Å²) in [5.41, 5.74) is 0.820. The fourth-order valence-electron chi connectivity index (χ4n) is 1.74. The van der Waals surface area contributed by atoms with Gasteiger partial charge >= 0.3 is 0 Å². The van der Waals surface area contributed by atoms with E-state index in [1.165, 1.54) is 0 Å². The standard InChI is InChI=1S/C15H21N5O/c1-4-9-16-14-10-17-20-15(19-14)18-12-7-5-6-8-13(12)21-11(2)3/h5-8,10-11H,4,9H2,1-3H3,(H2,16,18,19,20). The predicted octanol–water partition coefficient (Wildman–Crippen LogP) is 3.22. The van der Waals surface area contributed by atoms with Crippen molar-refractivity contribution in [2.75, 3.05) is 17.2 Å². The summed E-state index contributed by atoms with van der Waals surface area (Å²) in [6.07, 6.45) is 2.74. The van der Waals surface area contributed by atoms with Crippen LogP contribution in [0.5, 0.6) is 5.75 Å². The molecule has 0 aliphatic rings. The van der Waals surface area contributed by atoms with Crippen molar-refractivity contribution >= 4 is 17.5 Å². The smallest absolute Gasteiger partial charge is 0.249 e. The van der Waals surface area contributed by atoms with Gasteiger partial charge in [0.05, 0.1) is 18.0 Å². The van der Waals surface area contributed by atoms with Gasteiger partial charge in [-0.2, -0.15) is 10.1 Å². The Hall–Kier alpha value is -2.37. The number of para-hydroxylation sites is 2. The zero-order chi connectivity index (χ0) is 15.1. The monoisotopic (exact) mass is 287 g/mol. The van der Waals surface area contributed by atoms with Crippen LogP contribution in [0.3, 0.4) is 0 Å². The Balaban J connectivity index is 2.14. The zero-order valence-electron chi connectivity index (χ0n) is 12.6. The van der Waals surface area contributed by atoms with Crippen molar-refractivity contribution in [1.29, 1.82) is 0 Å². The number of anilines is 3. The molecule has 0 saturated heterocycles. The molecule has 0 radical (unpaired) electrons. The van der Waals surface area contributed by atoms with Gasteiger partial charge in [-0.05, 0) is 32.4 Å². The molecule has 0 spiro atoms. The summed E-state index contributed by atoms with van der Waals surface area (Å²) < 4.78 is 5.76. The average Bonchev–Trinajstić information content (AvgIpc) is 2.47. The van der Waals surface area contributed by atoms with Gasteiger partial charge in [-0.25, -0.2) is 0 Å². The molecule has 1 aromatic carbocycles. The molecule has 0 aliphatic heterocycles. The molecule has 21 heavy (non-hydrogen) atoms. The van der Waals surface area contributed by atoms with E-state index in [1.807, 2.05) is 38.1 Å². The first-order chi connectivity index (χ1) is 10.2. The minimum atomic E-state index is 0.101. The molecule has 0 unspecified atom stereocenters. The Kier molecular flexibility index (Phi) is 5.31. The molecule has 6 heteroatoms. The topological polar surface area (TPSA) is 72.0 Å². The number of nitrogens with one attached hydrogen (secondary N) is 2. The number of benzene rings is 1. The molecule has 0 amide bonds. The van der Waals surface area contributed by atoms with Gasteiger partial charge < -0.3 is 15.4 Å². The summed E-state index contributed by atoms with van der Waals surface area (Å²) in [6, 6.07) is 7.70. The second kappa shape index (κ2) is 7.42. The number of aromatic nitrogens is 3. The minimum absolute atomic E-state index is 0.101. The predicted molar refractivity (Wildman–Crippen MR) is 84.1 cm³/mol. The van der Waals surface area contributed by atoms with Gasteiger partial charge in [-0.1, -0.05) is 19.1 Å². The molecular weight excluding hydrogens is 266 g/mol. The molecule has 0 saturated carbocycles. The Morgan fingerprint density at radius 2 is 2.05 bits per heavy atom. The van der Waals surface area contributed by atoms with Crippen LogP contribution in [0.25, 0.3) is 0 Å². The number of rotatable bonds is 7. The van der Waals surface area contributed by atoms with Gasteiger partial charge in [0.25, 0.3) is 0 Å². The maximum atomic E-state index is 5.76. The highest BCUT2D eigenvalue weighted by molar-refractivity contribution is 5.62. The lowest BCUT2D eigenvalue weighted by Gasteiger charge is -2.14. The number of nitrogens with zero attached hydrogens (tertiary/aromatic N) is 3. The third-order valence-electron chi connectivity index (χ3n) is 2.61. The van der Waals surface area contributed by atoms with Gasteiger partial charge in [0.15, 0.2) is 5.82 Å². The lowest BCUT2D eigenvalue weighted by Crippen LogP contribution is -2.09. The molecule has 1 heterocycles. The zero-order valence-corrected chi connectivity index (χ0v) is 12.6. The van der Waals surface area contributed by atoms with Crippen LogP contribution < -0.4 is 15.4 Å². The highest BCUT2D eigenvalue weighted by Crippen LogP contribution is 2.27. The summed E-state index contributed by atoms with van der Waals surface area (Å²) in [5, 5.41) is 14.3. The molecule has 2 aromatic rings. The molecule has 0 bridgehead atoms. The molecule has 1 aromatic heterocycles. The van der Waals surface area contributed by atoms with Crippen LogP contribution in [-0.4, -0.2) is 27.8 Å². The van der Waals surface area contributed by atoms with E-state index < -0.39 is 0 Å². The van der Waals surface area contributed by atoms with E-state index in [0.717, 1.165) is 24.4 Å². The largest absolute Gasteiger partial charge is 0.489 e. The number of ether oxygens (including phenoxy) is 1. The van der Waals surface area contributed by atoms with Crippen LogP contribution in [0.15, 0.2) is 30.5 Å². The van der Waals surface area contributed by atoms with Crippen LogP contribution in [0.2, 0.25) is 0 Å². The summed E-state index contributed by atoms with van der Waals surface area (Å²) in [4.78, 5) is 4.37. The van der Waals surface area contributed by atoms with Crippen molar-refractivity contribution in [3.8, 4) is 5.75 Å². The van der Waals surface area contributed by atoms with Crippen molar-refractivity contribution < 1.29 is 4.74 Å². The van der Waals surface area contributed by atoms with Crippen LogP contribution in [-0.2, 0) is 0 Å². The molecule has 2 rings (SSSR count). The van der Waals surface area contributed by atoms with Crippen LogP contribution >= 0.6 is 0 Å². The molecule has 0 fully saturated rings. The Morgan fingerprint density at radius 1 is 1.24 bits per heavy atom. The minimum Gasteiger partial charge on any atom is -0.489 e. The summed E-state index contributed by atoms with van der Waals surface area (Å²) in [5.74, 6) is 1.91. The first kappa shape index (κ1) is 15.0. The third-order valence-corrected chi connectivity index (χ3v) is 2.61. The van der Waals surface area contributed by atoms with E-state index >= 15 is 0 Å². The maximum Gasteiger partial charge on any atom is 0.249 e. The van der Waals surface area contributed by atoms with Crippen LogP contribution in [0.1, 0.15) is 27.2 Å². The average molecular weight is 287 g/mol. The van der Waals surface area contributed by atoms with Gasteiger partial charge in [-0.3, -0.25) is 0 Å². The Morgan fingerprint density at radius 3 is 2.81 bits per heavy atom. The highest BCUT2D eigenvalue weighted by Gasteiger charge is 2.07. The van der Waals surface area contributed by atoms with Crippen LogP contribution in [0, 0.1) is 0 Å². The quantitative estimate of drug-likeness (QED) is 0.814.